The molecule has 1 aromatic carbocycles. The van der Waals surface area contributed by atoms with Crippen LogP contribution < -0.4 is 0 Å². The summed E-state index contributed by atoms with van der Waals surface area (Å²) in [5.41, 5.74) is 2.84. The molecule has 0 radical (unpaired) electrons. The number of hydrogen-bond acceptors (Lipinski definition) is 1. The van der Waals surface area contributed by atoms with E-state index in [4.69, 9.17) is 0 Å². The van der Waals surface area contributed by atoms with Crippen LogP contribution in [0.4, 0.5) is 0 Å². The Hall–Kier alpha value is -0.340. The van der Waals surface area contributed by atoms with Gasteiger partial charge in [-0.3, -0.25) is 0 Å². The lowest BCUT2D eigenvalue weighted by Crippen LogP contribution is -2.21. The van der Waals surface area contributed by atoms with Crippen molar-refractivity contribution in [2.75, 3.05) is 18.9 Å². The summed E-state index contributed by atoms with van der Waals surface area (Å²) < 4.78 is 0. The van der Waals surface area contributed by atoms with Gasteiger partial charge in [0.2, 0.25) is 0 Å². The van der Waals surface area contributed by atoms with E-state index in [0.29, 0.717) is 0 Å². The maximum atomic E-state index is 3.51. The molecule has 0 saturated heterocycles. The minimum atomic E-state index is 0.814. The predicted molar refractivity (Wildman–Crippen MR) is 79.7 cm³/mol. The van der Waals surface area contributed by atoms with E-state index in [9.17, 15) is 0 Å². The van der Waals surface area contributed by atoms with Crippen molar-refractivity contribution in [3.63, 3.8) is 0 Å². The molecule has 96 valence electrons. The first kappa shape index (κ1) is 14.7. The van der Waals surface area contributed by atoms with E-state index in [1.54, 1.807) is 0 Å². The lowest BCUT2D eigenvalue weighted by atomic mass is 10.0. The van der Waals surface area contributed by atoms with Crippen molar-refractivity contribution in [3.8, 4) is 0 Å². The molecule has 1 nitrogen and oxygen atoms in total. The summed E-state index contributed by atoms with van der Waals surface area (Å²) in [6.45, 7) is 6.77. The molecule has 0 aliphatic heterocycles. The topological polar surface area (TPSA) is 3.24 Å². The monoisotopic (exact) mass is 297 g/mol. The fraction of sp³-hybridized carbons (Fsp3) is 0.600. The van der Waals surface area contributed by atoms with E-state index >= 15 is 0 Å². The maximum Gasteiger partial charge on any atom is 0.0233 e. The summed E-state index contributed by atoms with van der Waals surface area (Å²) in [4.78, 5) is 2.42. The van der Waals surface area contributed by atoms with Crippen molar-refractivity contribution >= 4 is 15.9 Å². The normalized spacial score (nSPS) is 13.0. The Kier molecular flexibility index (Phi) is 6.83. The summed E-state index contributed by atoms with van der Waals surface area (Å²) in [5, 5.41) is 1.12. The van der Waals surface area contributed by atoms with Gasteiger partial charge in [-0.15, -0.1) is 0 Å². The van der Waals surface area contributed by atoms with Gasteiger partial charge in [-0.05, 0) is 50.4 Å². The first-order chi connectivity index (χ1) is 8.13. The van der Waals surface area contributed by atoms with Crippen LogP contribution in [-0.2, 0) is 6.54 Å². The highest BCUT2D eigenvalue weighted by molar-refractivity contribution is 9.09. The van der Waals surface area contributed by atoms with Crippen LogP contribution in [0.1, 0.15) is 30.9 Å². The van der Waals surface area contributed by atoms with Crippen LogP contribution in [0.25, 0.3) is 0 Å². The molecule has 0 N–H and O–H groups in total. The van der Waals surface area contributed by atoms with Crippen LogP contribution in [0.15, 0.2) is 24.3 Å². The van der Waals surface area contributed by atoms with E-state index in [1.165, 1.54) is 30.5 Å². The fourth-order valence-corrected chi connectivity index (χ4v) is 2.71. The molecule has 2 heteroatoms. The molecule has 0 saturated carbocycles. The quantitative estimate of drug-likeness (QED) is 0.681. The van der Waals surface area contributed by atoms with Crippen LogP contribution in [-0.4, -0.2) is 23.8 Å². The molecule has 17 heavy (non-hydrogen) atoms. The van der Waals surface area contributed by atoms with Gasteiger partial charge in [0.15, 0.2) is 0 Å². The Bertz CT molecular complexity index is 324. The highest BCUT2D eigenvalue weighted by Crippen LogP contribution is 2.13. The van der Waals surface area contributed by atoms with Crippen LogP contribution >= 0.6 is 15.9 Å². The van der Waals surface area contributed by atoms with E-state index in [1.807, 2.05) is 0 Å². The van der Waals surface area contributed by atoms with Crippen molar-refractivity contribution < 1.29 is 0 Å². The highest BCUT2D eigenvalue weighted by Gasteiger charge is 2.05. The molecule has 0 aromatic heterocycles. The van der Waals surface area contributed by atoms with E-state index in [2.05, 4.69) is 66.0 Å². The molecule has 0 amide bonds. The number of alkyl halides is 1. The number of benzene rings is 1. The second kappa shape index (κ2) is 7.88. The minimum Gasteiger partial charge on any atom is -0.302 e. The van der Waals surface area contributed by atoms with Crippen LogP contribution in [0, 0.1) is 12.8 Å². The van der Waals surface area contributed by atoms with Gasteiger partial charge in [-0.1, -0.05) is 47.1 Å². The zero-order valence-electron chi connectivity index (χ0n) is 11.2. The summed E-state index contributed by atoms with van der Waals surface area (Å²) in [6.07, 6.45) is 2.56. The second-order valence-corrected chi connectivity index (χ2v) is 5.83. The number of halogens is 1. The van der Waals surface area contributed by atoms with Crippen LogP contribution in [0.2, 0.25) is 0 Å². The molecule has 0 bridgehead atoms. The van der Waals surface area contributed by atoms with Gasteiger partial charge >= 0.3 is 0 Å². The number of nitrogens with zero attached hydrogens (tertiary/aromatic N) is 1. The molecule has 1 atom stereocenters. The third-order valence-corrected chi connectivity index (χ3v) is 3.76. The van der Waals surface area contributed by atoms with E-state index in [-0.39, 0.29) is 0 Å². The lowest BCUT2D eigenvalue weighted by molar-refractivity contribution is 0.296. The van der Waals surface area contributed by atoms with E-state index < -0.39 is 0 Å². The maximum absolute atomic E-state index is 3.51. The average molecular weight is 298 g/mol. The predicted octanol–water partition coefficient (Wildman–Crippen LogP) is 4.24. The Morgan fingerprint density at radius 3 is 2.59 bits per heavy atom. The van der Waals surface area contributed by atoms with E-state index in [0.717, 1.165) is 17.8 Å². The SMILES string of the molecule is Cc1ccccc1CN(C)CCC(C)CCBr. The first-order valence-corrected chi connectivity index (χ1v) is 7.54. The molecule has 0 heterocycles. The van der Waals surface area contributed by atoms with Gasteiger partial charge < -0.3 is 4.90 Å². The minimum absolute atomic E-state index is 0.814. The summed E-state index contributed by atoms with van der Waals surface area (Å²) in [5.74, 6) is 0.814. The molecule has 0 fully saturated rings. The van der Waals surface area contributed by atoms with Crippen molar-refractivity contribution in [2.45, 2.75) is 33.2 Å². The molecule has 0 spiro atoms. The molecule has 1 rings (SSSR count). The Balaban J connectivity index is 2.34. The average Bonchev–Trinajstić information content (AvgIpc) is 2.30. The molecule has 1 unspecified atom stereocenters. The molecule has 0 aliphatic rings. The molecule has 0 aliphatic carbocycles. The fourth-order valence-electron chi connectivity index (χ4n) is 1.93. The molecule has 1 aromatic rings. The Morgan fingerprint density at radius 1 is 1.24 bits per heavy atom. The van der Waals surface area contributed by atoms with Crippen LogP contribution in [0.5, 0.6) is 0 Å². The van der Waals surface area contributed by atoms with Gasteiger partial charge in [0, 0.05) is 11.9 Å². The van der Waals surface area contributed by atoms with Crippen molar-refractivity contribution in [2.24, 2.45) is 5.92 Å². The Morgan fingerprint density at radius 2 is 1.94 bits per heavy atom. The van der Waals surface area contributed by atoms with Crippen molar-refractivity contribution in [1.82, 2.24) is 4.90 Å². The number of hydrogen-bond donors (Lipinski definition) is 0. The van der Waals surface area contributed by atoms with Gasteiger partial charge in [-0.25, -0.2) is 0 Å². The van der Waals surface area contributed by atoms with Crippen molar-refractivity contribution in [1.29, 1.82) is 0 Å². The molecular weight excluding hydrogens is 274 g/mol. The van der Waals surface area contributed by atoms with Gasteiger partial charge in [0.05, 0.1) is 0 Å². The summed E-state index contributed by atoms with van der Waals surface area (Å²) in [6, 6.07) is 8.66. The third-order valence-electron chi connectivity index (χ3n) is 3.31. The zero-order valence-corrected chi connectivity index (χ0v) is 12.8. The van der Waals surface area contributed by atoms with Gasteiger partial charge in [0.1, 0.15) is 0 Å². The summed E-state index contributed by atoms with van der Waals surface area (Å²) in [7, 11) is 2.22. The van der Waals surface area contributed by atoms with Crippen LogP contribution in [0.3, 0.4) is 0 Å². The standard InChI is InChI=1S/C15H24BrN/c1-13(8-10-16)9-11-17(3)12-15-7-5-4-6-14(15)2/h4-7,13H,8-12H2,1-3H3. The highest BCUT2D eigenvalue weighted by atomic mass is 79.9. The van der Waals surface area contributed by atoms with Gasteiger partial charge in [-0.2, -0.15) is 0 Å². The lowest BCUT2D eigenvalue weighted by Gasteiger charge is -2.20. The largest absolute Gasteiger partial charge is 0.302 e. The number of rotatable bonds is 7. The van der Waals surface area contributed by atoms with Crippen molar-refractivity contribution in [3.05, 3.63) is 35.4 Å². The first-order valence-electron chi connectivity index (χ1n) is 6.42. The number of aryl methyl sites for hydroxylation is 1. The molecular formula is C15H24BrN. The summed E-state index contributed by atoms with van der Waals surface area (Å²) >= 11 is 3.51. The zero-order chi connectivity index (χ0) is 12.7. The third kappa shape index (κ3) is 5.69. The van der Waals surface area contributed by atoms with Gasteiger partial charge in [0.25, 0.3) is 0 Å². The smallest absolute Gasteiger partial charge is 0.0233 e. The second-order valence-electron chi connectivity index (χ2n) is 5.04. The Labute approximate surface area is 114 Å².